The summed E-state index contributed by atoms with van der Waals surface area (Å²) >= 11 is 0. The van der Waals surface area contributed by atoms with Gasteiger partial charge in [0.2, 0.25) is 0 Å². The van der Waals surface area contributed by atoms with Crippen molar-refractivity contribution in [2.75, 3.05) is 0 Å². The molecule has 4 heteroatoms. The van der Waals surface area contributed by atoms with Gasteiger partial charge < -0.3 is 5.11 Å². The number of hydrogen-bond acceptors (Lipinski definition) is 4. The second-order valence-electron chi connectivity index (χ2n) is 5.89. The summed E-state index contributed by atoms with van der Waals surface area (Å²) in [5.74, 6) is 2.25. The molecule has 4 nitrogen and oxygen atoms in total. The van der Waals surface area contributed by atoms with Gasteiger partial charge in [-0.05, 0) is 24.6 Å². The lowest BCUT2D eigenvalue weighted by Gasteiger charge is -2.15. The van der Waals surface area contributed by atoms with Crippen molar-refractivity contribution in [2.24, 2.45) is 0 Å². The van der Waals surface area contributed by atoms with Gasteiger partial charge in [0.25, 0.3) is 0 Å². The topological polar surface area (TPSA) is 58.9 Å². The first-order valence-electron chi connectivity index (χ1n) is 8.55. The molecule has 0 amide bonds. The molecule has 0 unspecified atom stereocenters. The highest BCUT2D eigenvalue weighted by Gasteiger charge is 2.18. The maximum absolute atomic E-state index is 9.90. The van der Waals surface area contributed by atoms with Crippen molar-refractivity contribution in [1.82, 2.24) is 15.0 Å². The standard InChI is InChI=1S/C22H21N3O/c1-3-5-10-17-15-18(26)13-14-19(17)22-24-20(9-4-2)23-21(25-22)16-11-7-6-8-12-16/h3-8,10-14,26H,2,9,15H2,1H3/b5-3-,17-10+. The molecule has 2 aromatic rings. The molecule has 0 aliphatic heterocycles. The van der Waals surface area contributed by atoms with Crippen LogP contribution in [0.3, 0.4) is 0 Å². The maximum atomic E-state index is 9.90. The average Bonchev–Trinajstić information content (AvgIpc) is 2.67. The molecule has 0 saturated carbocycles. The molecule has 0 bridgehead atoms. The van der Waals surface area contributed by atoms with E-state index in [0.717, 1.165) is 16.7 Å². The Morgan fingerprint density at radius 2 is 1.85 bits per heavy atom. The van der Waals surface area contributed by atoms with E-state index < -0.39 is 0 Å². The van der Waals surface area contributed by atoms with E-state index in [0.29, 0.717) is 36.1 Å². The predicted octanol–water partition coefficient (Wildman–Crippen LogP) is 5.00. The Hall–Kier alpha value is -3.27. The van der Waals surface area contributed by atoms with Crippen molar-refractivity contribution in [3.8, 4) is 11.4 Å². The third-order valence-electron chi connectivity index (χ3n) is 3.93. The highest BCUT2D eigenvalue weighted by atomic mass is 16.3. The number of benzene rings is 1. The Kier molecular flexibility index (Phi) is 5.54. The normalized spacial score (nSPS) is 15.8. The quantitative estimate of drug-likeness (QED) is 0.776. The lowest BCUT2D eigenvalue weighted by Crippen LogP contribution is -2.07. The molecule has 0 atom stereocenters. The first-order valence-corrected chi connectivity index (χ1v) is 8.55. The predicted molar refractivity (Wildman–Crippen MR) is 105 cm³/mol. The van der Waals surface area contributed by atoms with Gasteiger partial charge in [0.15, 0.2) is 11.6 Å². The van der Waals surface area contributed by atoms with Crippen molar-refractivity contribution in [3.63, 3.8) is 0 Å². The molecule has 1 heterocycles. The number of rotatable bonds is 5. The van der Waals surface area contributed by atoms with Gasteiger partial charge in [0, 0.05) is 24.0 Å². The highest BCUT2D eigenvalue weighted by Crippen LogP contribution is 2.30. The monoisotopic (exact) mass is 343 g/mol. The van der Waals surface area contributed by atoms with Gasteiger partial charge in [0.1, 0.15) is 5.82 Å². The van der Waals surface area contributed by atoms with E-state index >= 15 is 0 Å². The van der Waals surface area contributed by atoms with Gasteiger partial charge in [-0.25, -0.2) is 15.0 Å². The fourth-order valence-electron chi connectivity index (χ4n) is 2.69. The lowest BCUT2D eigenvalue weighted by atomic mass is 9.95. The molecule has 1 aliphatic rings. The zero-order valence-electron chi connectivity index (χ0n) is 14.8. The average molecular weight is 343 g/mol. The van der Waals surface area contributed by atoms with Crippen molar-refractivity contribution in [2.45, 2.75) is 19.8 Å². The molecule has 3 rings (SSSR count). The molecule has 0 saturated heterocycles. The highest BCUT2D eigenvalue weighted by molar-refractivity contribution is 5.79. The molecule has 0 fully saturated rings. The Morgan fingerprint density at radius 1 is 1.08 bits per heavy atom. The summed E-state index contributed by atoms with van der Waals surface area (Å²) in [7, 11) is 0. The van der Waals surface area contributed by atoms with Crippen molar-refractivity contribution in [1.29, 1.82) is 0 Å². The minimum atomic E-state index is 0.327. The number of aromatic nitrogens is 3. The third-order valence-corrected chi connectivity index (χ3v) is 3.93. The SMILES string of the molecule is C=CCc1nc(C2=CC=C(O)C/C2=C\C=C/C)nc(-c2ccccc2)n1. The van der Waals surface area contributed by atoms with Crippen LogP contribution < -0.4 is 0 Å². The summed E-state index contributed by atoms with van der Waals surface area (Å²) in [6, 6.07) is 9.85. The van der Waals surface area contributed by atoms with Crippen molar-refractivity contribution in [3.05, 3.63) is 96.3 Å². The van der Waals surface area contributed by atoms with Crippen molar-refractivity contribution < 1.29 is 5.11 Å². The van der Waals surface area contributed by atoms with Crippen LogP contribution in [0.4, 0.5) is 0 Å². The summed E-state index contributed by atoms with van der Waals surface area (Å²) in [5.41, 5.74) is 2.80. The molecule has 130 valence electrons. The fourth-order valence-corrected chi connectivity index (χ4v) is 2.69. The Labute approximate surface area is 153 Å². The molecule has 1 aromatic carbocycles. The lowest BCUT2D eigenvalue weighted by molar-refractivity contribution is 0.398. The van der Waals surface area contributed by atoms with E-state index in [-0.39, 0.29) is 0 Å². The van der Waals surface area contributed by atoms with Crippen molar-refractivity contribution >= 4 is 5.57 Å². The first kappa shape index (κ1) is 17.5. The van der Waals surface area contributed by atoms with Crippen LogP contribution in [0, 0.1) is 0 Å². The van der Waals surface area contributed by atoms with Gasteiger partial charge in [-0.15, -0.1) is 6.58 Å². The van der Waals surface area contributed by atoms with Crippen LogP contribution in [-0.2, 0) is 6.42 Å². The van der Waals surface area contributed by atoms with Gasteiger partial charge >= 0.3 is 0 Å². The molecule has 0 spiro atoms. The van der Waals surface area contributed by atoms with Gasteiger partial charge in [-0.3, -0.25) is 0 Å². The summed E-state index contributed by atoms with van der Waals surface area (Å²) < 4.78 is 0. The van der Waals surface area contributed by atoms with Crippen LogP contribution in [0.15, 0.2) is 84.7 Å². The molecule has 1 aliphatic carbocycles. The number of nitrogens with zero attached hydrogens (tertiary/aromatic N) is 3. The number of aliphatic hydroxyl groups is 1. The van der Waals surface area contributed by atoms with Crippen LogP contribution in [0.2, 0.25) is 0 Å². The third kappa shape index (κ3) is 4.03. The van der Waals surface area contributed by atoms with Crippen LogP contribution in [-0.4, -0.2) is 20.1 Å². The first-order chi connectivity index (χ1) is 12.7. The van der Waals surface area contributed by atoms with E-state index in [1.807, 2.05) is 61.6 Å². The Bertz CT molecular complexity index is 922. The van der Waals surface area contributed by atoms with E-state index in [1.165, 1.54) is 0 Å². The van der Waals surface area contributed by atoms with Crippen LogP contribution in [0.25, 0.3) is 17.0 Å². The number of hydrogen-bond donors (Lipinski definition) is 1. The number of allylic oxidation sites excluding steroid dienone is 8. The van der Waals surface area contributed by atoms with Crippen LogP contribution >= 0.6 is 0 Å². The summed E-state index contributed by atoms with van der Waals surface area (Å²) in [6.45, 7) is 5.74. The summed E-state index contributed by atoms with van der Waals surface area (Å²) in [4.78, 5) is 13.9. The number of aliphatic hydroxyl groups excluding tert-OH is 1. The summed E-state index contributed by atoms with van der Waals surface area (Å²) in [5, 5.41) is 9.90. The van der Waals surface area contributed by atoms with E-state index in [1.54, 1.807) is 12.2 Å². The van der Waals surface area contributed by atoms with Crippen LogP contribution in [0.5, 0.6) is 0 Å². The van der Waals surface area contributed by atoms with Gasteiger partial charge in [0.05, 0.1) is 5.76 Å². The molecule has 26 heavy (non-hydrogen) atoms. The Morgan fingerprint density at radius 3 is 2.58 bits per heavy atom. The largest absolute Gasteiger partial charge is 0.512 e. The van der Waals surface area contributed by atoms with E-state index in [2.05, 4.69) is 16.5 Å². The maximum Gasteiger partial charge on any atom is 0.164 e. The molecule has 0 radical (unpaired) electrons. The smallest absolute Gasteiger partial charge is 0.164 e. The van der Waals surface area contributed by atoms with Crippen LogP contribution in [0.1, 0.15) is 25.0 Å². The second-order valence-corrected chi connectivity index (χ2v) is 5.89. The molecular weight excluding hydrogens is 322 g/mol. The summed E-state index contributed by atoms with van der Waals surface area (Å²) in [6.07, 6.45) is 12.2. The minimum Gasteiger partial charge on any atom is -0.512 e. The molecular formula is C22H21N3O. The molecule has 1 aromatic heterocycles. The van der Waals surface area contributed by atoms with E-state index in [4.69, 9.17) is 4.98 Å². The van der Waals surface area contributed by atoms with E-state index in [9.17, 15) is 5.11 Å². The second kappa shape index (κ2) is 8.21. The molecule has 1 N–H and O–H groups in total. The Balaban J connectivity index is 2.13. The zero-order valence-corrected chi connectivity index (χ0v) is 14.8. The fraction of sp³-hybridized carbons (Fsp3) is 0.136. The minimum absolute atomic E-state index is 0.327. The van der Waals surface area contributed by atoms with Gasteiger partial charge in [-0.2, -0.15) is 0 Å². The van der Waals surface area contributed by atoms with Gasteiger partial charge in [-0.1, -0.05) is 54.6 Å². The zero-order chi connectivity index (χ0) is 18.4.